The van der Waals surface area contributed by atoms with Crippen molar-refractivity contribution in [3.05, 3.63) is 76.4 Å². The highest BCUT2D eigenvalue weighted by Gasteiger charge is 2.08. The Morgan fingerprint density at radius 3 is 2.54 bits per heavy atom. The van der Waals surface area contributed by atoms with Crippen LogP contribution >= 0.6 is 23.2 Å². The number of hydrogen-bond acceptors (Lipinski definition) is 4. The Hall–Kier alpha value is -2.76. The molecule has 1 heterocycles. The lowest BCUT2D eigenvalue weighted by Crippen LogP contribution is -2.12. The van der Waals surface area contributed by atoms with E-state index in [9.17, 15) is 4.79 Å². The van der Waals surface area contributed by atoms with Crippen molar-refractivity contribution in [3.63, 3.8) is 0 Å². The van der Waals surface area contributed by atoms with Crippen LogP contribution in [0.15, 0.2) is 60.8 Å². The van der Waals surface area contributed by atoms with Crippen molar-refractivity contribution in [2.24, 2.45) is 0 Å². The normalized spacial score (nSPS) is 10.3. The van der Waals surface area contributed by atoms with E-state index in [1.54, 1.807) is 67.9 Å². The number of nitrogens with one attached hydrogen (secondary N) is 2. The summed E-state index contributed by atoms with van der Waals surface area (Å²) < 4.78 is 5.30. The molecule has 132 valence electrons. The summed E-state index contributed by atoms with van der Waals surface area (Å²) in [5.74, 6) is 0.809. The fraction of sp³-hybridized carbons (Fsp3) is 0.0526. The fourth-order valence-electron chi connectivity index (χ4n) is 2.29. The van der Waals surface area contributed by atoms with Crippen molar-refractivity contribution in [1.82, 2.24) is 4.98 Å². The van der Waals surface area contributed by atoms with Crippen LogP contribution in [-0.4, -0.2) is 18.0 Å². The zero-order chi connectivity index (χ0) is 18.5. The molecule has 0 saturated heterocycles. The van der Waals surface area contributed by atoms with Gasteiger partial charge < -0.3 is 15.4 Å². The third kappa shape index (κ3) is 4.45. The number of ether oxygens (including phenoxy) is 1. The summed E-state index contributed by atoms with van der Waals surface area (Å²) >= 11 is 11.9. The molecule has 2 N–H and O–H groups in total. The fourth-order valence-corrected chi connectivity index (χ4v) is 2.66. The molecule has 0 aliphatic carbocycles. The van der Waals surface area contributed by atoms with Crippen molar-refractivity contribution < 1.29 is 9.53 Å². The lowest BCUT2D eigenvalue weighted by Gasteiger charge is -2.12. The van der Waals surface area contributed by atoms with Crippen molar-refractivity contribution in [2.75, 3.05) is 17.7 Å². The Morgan fingerprint density at radius 2 is 1.85 bits per heavy atom. The van der Waals surface area contributed by atoms with E-state index in [-0.39, 0.29) is 5.91 Å². The number of hydrogen-bond donors (Lipinski definition) is 2. The number of nitrogens with zero attached hydrogens (tertiary/aromatic N) is 1. The van der Waals surface area contributed by atoms with Gasteiger partial charge >= 0.3 is 0 Å². The van der Waals surface area contributed by atoms with E-state index in [1.165, 1.54) is 0 Å². The molecule has 0 aliphatic rings. The van der Waals surface area contributed by atoms with Gasteiger partial charge in [-0.25, -0.2) is 4.98 Å². The zero-order valence-corrected chi connectivity index (χ0v) is 15.3. The Bertz CT molecular complexity index is 930. The van der Waals surface area contributed by atoms with Crippen LogP contribution in [-0.2, 0) is 0 Å². The number of amides is 1. The van der Waals surface area contributed by atoms with Gasteiger partial charge in [-0.3, -0.25) is 4.79 Å². The van der Waals surface area contributed by atoms with Gasteiger partial charge in [-0.2, -0.15) is 0 Å². The van der Waals surface area contributed by atoms with Crippen molar-refractivity contribution in [1.29, 1.82) is 0 Å². The van der Waals surface area contributed by atoms with Gasteiger partial charge in [0, 0.05) is 15.6 Å². The average molecular weight is 388 g/mol. The molecule has 3 aromatic rings. The minimum absolute atomic E-state index is 0.280. The number of anilines is 3. The summed E-state index contributed by atoms with van der Waals surface area (Å²) in [5, 5.41) is 7.00. The van der Waals surface area contributed by atoms with Crippen molar-refractivity contribution in [2.45, 2.75) is 0 Å². The van der Waals surface area contributed by atoms with E-state index < -0.39 is 0 Å². The maximum absolute atomic E-state index is 12.2. The minimum Gasteiger partial charge on any atom is -0.495 e. The van der Waals surface area contributed by atoms with E-state index in [0.717, 1.165) is 11.4 Å². The Labute approximate surface area is 160 Å². The predicted octanol–water partition coefficient (Wildman–Crippen LogP) is 5.39. The molecule has 0 unspecified atom stereocenters. The number of pyridine rings is 1. The molecule has 7 heteroatoms. The van der Waals surface area contributed by atoms with Gasteiger partial charge in [-0.1, -0.05) is 29.3 Å². The van der Waals surface area contributed by atoms with Gasteiger partial charge in [-0.05, 0) is 48.5 Å². The number of aromatic nitrogens is 1. The van der Waals surface area contributed by atoms with Gasteiger partial charge in [0.25, 0.3) is 5.91 Å². The van der Waals surface area contributed by atoms with Crippen LogP contribution in [0.1, 0.15) is 10.4 Å². The van der Waals surface area contributed by atoms with Crippen LogP contribution < -0.4 is 15.4 Å². The topological polar surface area (TPSA) is 63.2 Å². The van der Waals surface area contributed by atoms with Gasteiger partial charge in [0.05, 0.1) is 24.7 Å². The first kappa shape index (κ1) is 18.0. The SMILES string of the molecule is COc1ccc(Cl)cc1Nc1ccc(NC(=O)c2cccc(Cl)c2)nc1. The van der Waals surface area contributed by atoms with Crippen molar-refractivity contribution in [3.8, 4) is 5.75 Å². The maximum atomic E-state index is 12.2. The zero-order valence-electron chi connectivity index (χ0n) is 13.8. The number of methoxy groups -OCH3 is 1. The monoisotopic (exact) mass is 387 g/mol. The number of benzene rings is 2. The maximum Gasteiger partial charge on any atom is 0.256 e. The first-order valence-electron chi connectivity index (χ1n) is 7.69. The lowest BCUT2D eigenvalue weighted by atomic mass is 10.2. The molecule has 0 radical (unpaired) electrons. The quantitative estimate of drug-likeness (QED) is 0.615. The largest absolute Gasteiger partial charge is 0.495 e. The van der Waals surface area contributed by atoms with Crippen LogP contribution in [0.4, 0.5) is 17.2 Å². The summed E-state index contributed by atoms with van der Waals surface area (Å²) in [4.78, 5) is 16.4. The second-order valence-electron chi connectivity index (χ2n) is 5.37. The Balaban J connectivity index is 1.71. The first-order valence-corrected chi connectivity index (χ1v) is 8.44. The smallest absolute Gasteiger partial charge is 0.256 e. The third-order valence-electron chi connectivity index (χ3n) is 3.53. The van der Waals surface area contributed by atoms with Crippen LogP contribution in [0.25, 0.3) is 0 Å². The molecule has 0 aliphatic heterocycles. The number of halogens is 2. The molecule has 3 rings (SSSR count). The summed E-state index contributed by atoms with van der Waals surface area (Å²) in [7, 11) is 1.58. The summed E-state index contributed by atoms with van der Waals surface area (Å²) in [6, 6.07) is 15.5. The first-order chi connectivity index (χ1) is 12.5. The molecular formula is C19H15Cl2N3O2. The molecule has 0 atom stereocenters. The summed E-state index contributed by atoms with van der Waals surface area (Å²) in [6.45, 7) is 0. The molecule has 0 saturated carbocycles. The van der Waals surface area contributed by atoms with Crippen LogP contribution in [0.3, 0.4) is 0 Å². The van der Waals surface area contributed by atoms with E-state index in [2.05, 4.69) is 15.6 Å². The molecule has 5 nitrogen and oxygen atoms in total. The molecular weight excluding hydrogens is 373 g/mol. The summed E-state index contributed by atoms with van der Waals surface area (Å²) in [5.41, 5.74) is 1.91. The highest BCUT2D eigenvalue weighted by molar-refractivity contribution is 6.31. The number of rotatable bonds is 5. The summed E-state index contributed by atoms with van der Waals surface area (Å²) in [6.07, 6.45) is 1.61. The molecule has 26 heavy (non-hydrogen) atoms. The van der Waals surface area contributed by atoms with Gasteiger partial charge in [0.15, 0.2) is 0 Å². The van der Waals surface area contributed by atoms with E-state index in [1.807, 2.05) is 0 Å². The molecule has 1 amide bonds. The Kier molecular flexibility index (Phi) is 5.61. The Morgan fingerprint density at radius 1 is 1.04 bits per heavy atom. The molecule has 0 spiro atoms. The molecule has 0 fully saturated rings. The van der Waals surface area contributed by atoms with E-state index in [4.69, 9.17) is 27.9 Å². The van der Waals surface area contributed by atoms with E-state index >= 15 is 0 Å². The molecule has 1 aromatic heterocycles. The van der Waals surface area contributed by atoms with Crippen molar-refractivity contribution >= 4 is 46.3 Å². The molecule has 0 bridgehead atoms. The van der Waals surface area contributed by atoms with Crippen LogP contribution in [0, 0.1) is 0 Å². The van der Waals surface area contributed by atoms with Gasteiger partial charge in [-0.15, -0.1) is 0 Å². The van der Waals surface area contributed by atoms with Crippen LogP contribution in [0.5, 0.6) is 5.75 Å². The van der Waals surface area contributed by atoms with E-state index in [0.29, 0.717) is 27.2 Å². The standard InChI is InChI=1S/C19H15Cl2N3O2/c1-26-17-7-5-14(21)10-16(17)23-15-6-8-18(22-11-15)24-19(25)12-3-2-4-13(20)9-12/h2-11,23H,1H3,(H,22,24,25). The average Bonchev–Trinajstić information content (AvgIpc) is 2.63. The highest BCUT2D eigenvalue weighted by Crippen LogP contribution is 2.30. The second-order valence-corrected chi connectivity index (χ2v) is 6.24. The lowest BCUT2D eigenvalue weighted by molar-refractivity contribution is 0.102. The van der Waals surface area contributed by atoms with Crippen LogP contribution in [0.2, 0.25) is 10.0 Å². The molecule has 2 aromatic carbocycles. The number of carbonyl (C=O) groups is 1. The second kappa shape index (κ2) is 8.08. The highest BCUT2D eigenvalue weighted by atomic mass is 35.5. The van der Waals surface area contributed by atoms with Gasteiger partial charge in [0.2, 0.25) is 0 Å². The van der Waals surface area contributed by atoms with Gasteiger partial charge in [0.1, 0.15) is 11.6 Å². The third-order valence-corrected chi connectivity index (χ3v) is 4.00. The predicted molar refractivity (Wildman–Crippen MR) is 105 cm³/mol. The minimum atomic E-state index is -0.280. The number of carbonyl (C=O) groups excluding carboxylic acids is 1.